The summed E-state index contributed by atoms with van der Waals surface area (Å²) >= 11 is 0. The van der Waals surface area contributed by atoms with E-state index in [1.807, 2.05) is 44.2 Å². The molecule has 0 fully saturated rings. The highest BCUT2D eigenvalue weighted by Gasteiger charge is 2.22. The standard InChI is InChI=1S/C19H23NO4/c1-13(2)24-11-5-8-17(21)20-18(19(22)23)16-10-9-14-6-3-4-7-15(14)12-16/h3-4,6-7,9-10,12-13,18H,5,8,11H2,1-2H3,(H,20,21)(H,22,23). The monoisotopic (exact) mass is 329 g/mol. The molecular weight excluding hydrogens is 306 g/mol. The summed E-state index contributed by atoms with van der Waals surface area (Å²) in [5.41, 5.74) is 0.563. The van der Waals surface area contributed by atoms with Crippen molar-refractivity contribution < 1.29 is 19.4 Å². The second-order valence-electron chi connectivity index (χ2n) is 5.97. The molecule has 5 nitrogen and oxygen atoms in total. The number of nitrogens with one attached hydrogen (secondary N) is 1. The Balaban J connectivity index is 2.02. The van der Waals surface area contributed by atoms with Crippen molar-refractivity contribution in [2.24, 2.45) is 0 Å². The number of benzene rings is 2. The molecule has 0 aliphatic heterocycles. The van der Waals surface area contributed by atoms with Gasteiger partial charge in [0, 0.05) is 13.0 Å². The van der Waals surface area contributed by atoms with Crippen LogP contribution >= 0.6 is 0 Å². The molecule has 1 atom stereocenters. The Bertz CT molecular complexity index is 711. The maximum atomic E-state index is 12.0. The summed E-state index contributed by atoms with van der Waals surface area (Å²) in [5.74, 6) is -1.36. The number of aliphatic carboxylic acids is 1. The molecule has 0 heterocycles. The van der Waals surface area contributed by atoms with Gasteiger partial charge in [-0.15, -0.1) is 0 Å². The van der Waals surface area contributed by atoms with Crippen LogP contribution in [0.1, 0.15) is 38.3 Å². The van der Waals surface area contributed by atoms with Crippen molar-refractivity contribution in [3.8, 4) is 0 Å². The smallest absolute Gasteiger partial charge is 0.330 e. The van der Waals surface area contributed by atoms with E-state index < -0.39 is 12.0 Å². The van der Waals surface area contributed by atoms with Crippen molar-refractivity contribution >= 4 is 22.6 Å². The van der Waals surface area contributed by atoms with Crippen LogP contribution in [0.25, 0.3) is 10.8 Å². The molecule has 2 aromatic carbocycles. The first-order chi connectivity index (χ1) is 11.5. The summed E-state index contributed by atoms with van der Waals surface area (Å²) in [7, 11) is 0. The minimum Gasteiger partial charge on any atom is -0.479 e. The number of ether oxygens (including phenoxy) is 1. The highest BCUT2D eigenvalue weighted by Crippen LogP contribution is 2.21. The predicted octanol–water partition coefficient (Wildman–Crippen LogP) is 3.29. The van der Waals surface area contributed by atoms with Gasteiger partial charge in [0.05, 0.1) is 6.10 Å². The summed E-state index contributed by atoms with van der Waals surface area (Å²) in [6.07, 6.45) is 0.926. The predicted molar refractivity (Wildman–Crippen MR) is 92.8 cm³/mol. The fourth-order valence-electron chi connectivity index (χ4n) is 2.46. The van der Waals surface area contributed by atoms with Crippen molar-refractivity contribution in [1.29, 1.82) is 0 Å². The van der Waals surface area contributed by atoms with Gasteiger partial charge in [0.25, 0.3) is 0 Å². The van der Waals surface area contributed by atoms with Crippen molar-refractivity contribution in [2.45, 2.75) is 38.8 Å². The molecule has 0 saturated carbocycles. The first-order valence-electron chi connectivity index (χ1n) is 8.10. The summed E-state index contributed by atoms with van der Waals surface area (Å²) < 4.78 is 5.38. The second kappa shape index (κ2) is 8.45. The van der Waals surface area contributed by atoms with Crippen LogP contribution in [-0.2, 0) is 14.3 Å². The van der Waals surface area contributed by atoms with Crippen LogP contribution in [0.2, 0.25) is 0 Å². The van der Waals surface area contributed by atoms with Gasteiger partial charge < -0.3 is 15.2 Å². The van der Waals surface area contributed by atoms with Crippen LogP contribution in [0.3, 0.4) is 0 Å². The average Bonchev–Trinajstić information content (AvgIpc) is 2.55. The van der Waals surface area contributed by atoms with E-state index in [4.69, 9.17) is 4.74 Å². The minimum atomic E-state index is -1.07. The third kappa shape index (κ3) is 5.06. The molecule has 0 spiro atoms. The molecule has 2 rings (SSSR count). The van der Waals surface area contributed by atoms with Crippen LogP contribution in [0.15, 0.2) is 42.5 Å². The number of fused-ring (bicyclic) bond motifs is 1. The van der Waals surface area contributed by atoms with E-state index in [0.717, 1.165) is 10.8 Å². The maximum Gasteiger partial charge on any atom is 0.330 e. The van der Waals surface area contributed by atoms with E-state index in [9.17, 15) is 14.7 Å². The molecule has 0 aromatic heterocycles. The van der Waals surface area contributed by atoms with E-state index in [-0.39, 0.29) is 18.4 Å². The normalized spacial score (nSPS) is 12.3. The van der Waals surface area contributed by atoms with Gasteiger partial charge in [0.15, 0.2) is 6.04 Å². The molecule has 0 radical (unpaired) electrons. The van der Waals surface area contributed by atoms with Crippen LogP contribution in [0.5, 0.6) is 0 Å². The Morgan fingerprint density at radius 3 is 2.50 bits per heavy atom. The third-order valence-electron chi connectivity index (χ3n) is 3.66. The zero-order chi connectivity index (χ0) is 17.5. The zero-order valence-corrected chi connectivity index (χ0v) is 14.0. The van der Waals surface area contributed by atoms with Gasteiger partial charge in [0.2, 0.25) is 5.91 Å². The molecule has 1 unspecified atom stereocenters. The molecule has 1 amide bonds. The highest BCUT2D eigenvalue weighted by molar-refractivity contribution is 5.88. The fraction of sp³-hybridized carbons (Fsp3) is 0.368. The Morgan fingerprint density at radius 2 is 1.83 bits per heavy atom. The first kappa shape index (κ1) is 17.9. The van der Waals surface area contributed by atoms with E-state index in [2.05, 4.69) is 5.32 Å². The number of carboxylic acids is 1. The van der Waals surface area contributed by atoms with Crippen molar-refractivity contribution in [2.75, 3.05) is 6.61 Å². The summed E-state index contributed by atoms with van der Waals surface area (Å²) in [4.78, 5) is 23.6. The molecule has 24 heavy (non-hydrogen) atoms. The minimum absolute atomic E-state index is 0.123. The molecule has 0 saturated heterocycles. The molecule has 0 bridgehead atoms. The van der Waals surface area contributed by atoms with Crippen molar-refractivity contribution in [3.05, 3.63) is 48.0 Å². The highest BCUT2D eigenvalue weighted by atomic mass is 16.5. The molecule has 5 heteroatoms. The van der Waals surface area contributed by atoms with Crippen LogP contribution < -0.4 is 5.32 Å². The van der Waals surface area contributed by atoms with Gasteiger partial charge in [-0.2, -0.15) is 0 Å². The van der Waals surface area contributed by atoms with E-state index in [1.54, 1.807) is 12.1 Å². The first-order valence-corrected chi connectivity index (χ1v) is 8.10. The third-order valence-corrected chi connectivity index (χ3v) is 3.66. The fourth-order valence-corrected chi connectivity index (χ4v) is 2.46. The lowest BCUT2D eigenvalue weighted by molar-refractivity contribution is -0.142. The Labute approximate surface area is 141 Å². The van der Waals surface area contributed by atoms with Gasteiger partial charge in [0.1, 0.15) is 0 Å². The van der Waals surface area contributed by atoms with Crippen molar-refractivity contribution in [1.82, 2.24) is 5.32 Å². The van der Waals surface area contributed by atoms with Gasteiger partial charge in [-0.25, -0.2) is 4.79 Å². The van der Waals surface area contributed by atoms with Gasteiger partial charge >= 0.3 is 5.97 Å². The molecule has 128 valence electrons. The van der Waals surface area contributed by atoms with E-state index in [1.165, 1.54) is 0 Å². The number of carboxylic acid groups (broad SMARTS) is 1. The van der Waals surface area contributed by atoms with E-state index in [0.29, 0.717) is 18.6 Å². The lowest BCUT2D eigenvalue weighted by atomic mass is 10.0. The molecule has 0 aliphatic carbocycles. The summed E-state index contributed by atoms with van der Waals surface area (Å²) in [6.45, 7) is 4.35. The number of hydrogen-bond acceptors (Lipinski definition) is 3. The number of amides is 1. The number of carbonyl (C=O) groups excluding carboxylic acids is 1. The summed E-state index contributed by atoms with van der Waals surface area (Å²) in [6, 6.07) is 12.1. The number of hydrogen-bond donors (Lipinski definition) is 2. The Morgan fingerprint density at radius 1 is 1.12 bits per heavy atom. The molecule has 2 N–H and O–H groups in total. The largest absolute Gasteiger partial charge is 0.479 e. The Kier molecular flexibility index (Phi) is 6.32. The van der Waals surface area contributed by atoms with Gasteiger partial charge in [-0.3, -0.25) is 4.79 Å². The quantitative estimate of drug-likeness (QED) is 0.729. The van der Waals surface area contributed by atoms with E-state index >= 15 is 0 Å². The zero-order valence-electron chi connectivity index (χ0n) is 14.0. The van der Waals surface area contributed by atoms with Gasteiger partial charge in [-0.1, -0.05) is 36.4 Å². The number of rotatable bonds is 8. The van der Waals surface area contributed by atoms with Crippen molar-refractivity contribution in [3.63, 3.8) is 0 Å². The molecule has 2 aromatic rings. The molecule has 0 aliphatic rings. The maximum absolute atomic E-state index is 12.0. The lowest BCUT2D eigenvalue weighted by Crippen LogP contribution is -2.33. The van der Waals surface area contributed by atoms with Crippen LogP contribution in [0, 0.1) is 0 Å². The average molecular weight is 329 g/mol. The second-order valence-corrected chi connectivity index (χ2v) is 5.97. The van der Waals surface area contributed by atoms with Crippen LogP contribution in [0.4, 0.5) is 0 Å². The Hall–Kier alpha value is -2.40. The van der Waals surface area contributed by atoms with Gasteiger partial charge in [-0.05, 0) is 42.7 Å². The topological polar surface area (TPSA) is 75.6 Å². The summed E-state index contributed by atoms with van der Waals surface area (Å²) in [5, 5.41) is 14.0. The molecular formula is C19H23NO4. The SMILES string of the molecule is CC(C)OCCCC(=O)NC(C(=O)O)c1ccc2ccccc2c1. The van der Waals surface area contributed by atoms with Crippen LogP contribution in [-0.4, -0.2) is 29.7 Å². The lowest BCUT2D eigenvalue weighted by Gasteiger charge is -2.16. The number of carbonyl (C=O) groups is 2.